The standard InChI is InChI=1S/C9H16ClN/c1-8-4-7-11(9(8)2)6-3-5-10/h3,5,8-9H,4,6-7H2,1-2H3/b5-3+. The van der Waals surface area contributed by atoms with E-state index in [9.17, 15) is 0 Å². The Morgan fingerprint density at radius 2 is 2.27 bits per heavy atom. The second-order valence-corrected chi connectivity index (χ2v) is 3.62. The summed E-state index contributed by atoms with van der Waals surface area (Å²) in [5.74, 6) is 0.846. The number of hydrogen-bond donors (Lipinski definition) is 0. The molecule has 2 atom stereocenters. The quantitative estimate of drug-likeness (QED) is 0.620. The molecule has 1 aliphatic rings. The van der Waals surface area contributed by atoms with Crippen LogP contribution in [0.2, 0.25) is 0 Å². The molecule has 0 saturated carbocycles. The van der Waals surface area contributed by atoms with Gasteiger partial charge in [0, 0.05) is 18.1 Å². The zero-order valence-electron chi connectivity index (χ0n) is 7.26. The van der Waals surface area contributed by atoms with Gasteiger partial charge < -0.3 is 0 Å². The molecule has 0 spiro atoms. The molecule has 0 N–H and O–H groups in total. The molecular formula is C9H16ClN. The molecule has 2 unspecified atom stereocenters. The summed E-state index contributed by atoms with van der Waals surface area (Å²) in [4.78, 5) is 2.46. The van der Waals surface area contributed by atoms with Gasteiger partial charge >= 0.3 is 0 Å². The van der Waals surface area contributed by atoms with Crippen molar-refractivity contribution in [3.8, 4) is 0 Å². The molecule has 64 valence electrons. The summed E-state index contributed by atoms with van der Waals surface area (Å²) in [7, 11) is 0. The molecule has 0 aromatic carbocycles. The van der Waals surface area contributed by atoms with Gasteiger partial charge in [0.05, 0.1) is 0 Å². The van der Waals surface area contributed by atoms with Crippen molar-refractivity contribution in [1.82, 2.24) is 4.90 Å². The fraction of sp³-hybridized carbons (Fsp3) is 0.778. The predicted octanol–water partition coefficient (Wildman–Crippen LogP) is 2.47. The highest BCUT2D eigenvalue weighted by Gasteiger charge is 2.25. The minimum absolute atomic E-state index is 0.725. The van der Waals surface area contributed by atoms with E-state index in [-0.39, 0.29) is 0 Å². The molecule has 0 aromatic rings. The third-order valence-corrected chi connectivity index (χ3v) is 2.88. The molecule has 0 amide bonds. The van der Waals surface area contributed by atoms with Gasteiger partial charge in [-0.15, -0.1) is 0 Å². The normalized spacial score (nSPS) is 33.7. The molecule has 0 aliphatic carbocycles. The number of likely N-dealkylation sites (tertiary alicyclic amines) is 1. The second kappa shape index (κ2) is 4.13. The first-order valence-corrected chi connectivity index (χ1v) is 4.68. The van der Waals surface area contributed by atoms with Gasteiger partial charge in [0.15, 0.2) is 0 Å². The molecule has 1 saturated heterocycles. The molecule has 1 rings (SSSR count). The number of hydrogen-bond acceptors (Lipinski definition) is 1. The van der Waals surface area contributed by atoms with Crippen LogP contribution in [-0.4, -0.2) is 24.0 Å². The highest BCUT2D eigenvalue weighted by molar-refractivity contribution is 6.25. The minimum Gasteiger partial charge on any atom is -0.297 e. The lowest BCUT2D eigenvalue weighted by atomic mass is 10.1. The molecule has 2 heteroatoms. The van der Waals surface area contributed by atoms with Crippen molar-refractivity contribution in [1.29, 1.82) is 0 Å². The summed E-state index contributed by atoms with van der Waals surface area (Å²) >= 11 is 5.46. The first-order valence-electron chi connectivity index (χ1n) is 4.25. The van der Waals surface area contributed by atoms with Gasteiger partial charge in [0.1, 0.15) is 0 Å². The van der Waals surface area contributed by atoms with Crippen LogP contribution in [0.15, 0.2) is 11.6 Å². The zero-order chi connectivity index (χ0) is 8.27. The largest absolute Gasteiger partial charge is 0.297 e. The maximum absolute atomic E-state index is 5.46. The lowest BCUT2D eigenvalue weighted by molar-refractivity contribution is 0.273. The lowest BCUT2D eigenvalue weighted by Gasteiger charge is -2.20. The molecule has 0 bridgehead atoms. The fourth-order valence-corrected chi connectivity index (χ4v) is 1.69. The van der Waals surface area contributed by atoms with Crippen LogP contribution in [0.4, 0.5) is 0 Å². The van der Waals surface area contributed by atoms with Gasteiger partial charge in [-0.1, -0.05) is 24.6 Å². The smallest absolute Gasteiger partial charge is 0.0177 e. The van der Waals surface area contributed by atoms with Gasteiger partial charge in [-0.2, -0.15) is 0 Å². The Balaban J connectivity index is 2.36. The van der Waals surface area contributed by atoms with Crippen LogP contribution in [0.25, 0.3) is 0 Å². The van der Waals surface area contributed by atoms with Gasteiger partial charge in [-0.3, -0.25) is 4.90 Å². The topological polar surface area (TPSA) is 3.24 Å². The monoisotopic (exact) mass is 173 g/mol. The van der Waals surface area contributed by atoms with Crippen molar-refractivity contribution >= 4 is 11.6 Å². The van der Waals surface area contributed by atoms with Gasteiger partial charge in [0.25, 0.3) is 0 Å². The first kappa shape index (κ1) is 9.08. The zero-order valence-corrected chi connectivity index (χ0v) is 8.01. The highest BCUT2D eigenvalue weighted by Crippen LogP contribution is 2.22. The van der Waals surface area contributed by atoms with Crippen LogP contribution in [0.5, 0.6) is 0 Å². The van der Waals surface area contributed by atoms with Gasteiger partial charge in [-0.05, 0) is 25.8 Å². The summed E-state index contributed by atoms with van der Waals surface area (Å²) in [6.07, 6.45) is 3.34. The average Bonchev–Trinajstić information content (AvgIpc) is 2.31. The summed E-state index contributed by atoms with van der Waals surface area (Å²) < 4.78 is 0. The van der Waals surface area contributed by atoms with E-state index in [0.717, 1.165) is 18.5 Å². The van der Waals surface area contributed by atoms with Crippen LogP contribution < -0.4 is 0 Å². The van der Waals surface area contributed by atoms with Crippen molar-refractivity contribution in [3.05, 3.63) is 11.6 Å². The van der Waals surface area contributed by atoms with Gasteiger partial charge in [-0.25, -0.2) is 0 Å². The number of nitrogens with zero attached hydrogens (tertiary/aromatic N) is 1. The van der Waals surface area contributed by atoms with E-state index in [0.29, 0.717) is 0 Å². The molecule has 0 radical (unpaired) electrons. The predicted molar refractivity (Wildman–Crippen MR) is 49.8 cm³/mol. The Kier molecular flexibility index (Phi) is 3.41. The van der Waals surface area contributed by atoms with Crippen LogP contribution in [0.3, 0.4) is 0 Å². The van der Waals surface area contributed by atoms with E-state index < -0.39 is 0 Å². The highest BCUT2D eigenvalue weighted by atomic mass is 35.5. The second-order valence-electron chi connectivity index (χ2n) is 3.36. The summed E-state index contributed by atoms with van der Waals surface area (Å²) in [6, 6.07) is 0.725. The maximum atomic E-state index is 5.46. The Morgan fingerprint density at radius 1 is 1.55 bits per heavy atom. The molecular weight excluding hydrogens is 158 g/mol. The van der Waals surface area contributed by atoms with E-state index in [1.165, 1.54) is 13.0 Å². The van der Waals surface area contributed by atoms with E-state index in [1.54, 1.807) is 5.54 Å². The average molecular weight is 174 g/mol. The number of rotatable bonds is 2. The van der Waals surface area contributed by atoms with Gasteiger partial charge in [0.2, 0.25) is 0 Å². The Morgan fingerprint density at radius 3 is 2.73 bits per heavy atom. The fourth-order valence-electron chi connectivity index (χ4n) is 1.61. The van der Waals surface area contributed by atoms with Crippen molar-refractivity contribution in [2.75, 3.05) is 13.1 Å². The van der Waals surface area contributed by atoms with Crippen LogP contribution >= 0.6 is 11.6 Å². The number of halogens is 1. The molecule has 1 heterocycles. The van der Waals surface area contributed by atoms with E-state index in [1.807, 2.05) is 6.08 Å². The molecule has 1 fully saturated rings. The summed E-state index contributed by atoms with van der Waals surface area (Å²) in [6.45, 7) is 6.84. The molecule has 1 nitrogen and oxygen atoms in total. The Hall–Kier alpha value is -0.0100. The minimum atomic E-state index is 0.725. The van der Waals surface area contributed by atoms with Crippen LogP contribution in [0.1, 0.15) is 20.3 Å². The van der Waals surface area contributed by atoms with Crippen LogP contribution in [-0.2, 0) is 0 Å². The third kappa shape index (κ3) is 2.21. The van der Waals surface area contributed by atoms with E-state index >= 15 is 0 Å². The van der Waals surface area contributed by atoms with Crippen molar-refractivity contribution < 1.29 is 0 Å². The van der Waals surface area contributed by atoms with Crippen LogP contribution in [0, 0.1) is 5.92 Å². The Bertz CT molecular complexity index is 144. The molecule has 11 heavy (non-hydrogen) atoms. The molecule has 0 aromatic heterocycles. The van der Waals surface area contributed by atoms with E-state index in [2.05, 4.69) is 18.7 Å². The summed E-state index contributed by atoms with van der Waals surface area (Å²) in [5.41, 5.74) is 1.61. The maximum Gasteiger partial charge on any atom is 0.0177 e. The Labute approximate surface area is 74.0 Å². The SMILES string of the molecule is CC1CCN(C/C=C/Cl)C1C. The first-order chi connectivity index (χ1) is 5.25. The summed E-state index contributed by atoms with van der Waals surface area (Å²) in [5, 5.41) is 0. The van der Waals surface area contributed by atoms with Crippen molar-refractivity contribution in [2.24, 2.45) is 5.92 Å². The van der Waals surface area contributed by atoms with Crippen molar-refractivity contribution in [2.45, 2.75) is 26.3 Å². The molecule has 1 aliphatic heterocycles. The van der Waals surface area contributed by atoms with Crippen molar-refractivity contribution in [3.63, 3.8) is 0 Å². The third-order valence-electron chi connectivity index (χ3n) is 2.70. The lowest BCUT2D eigenvalue weighted by Crippen LogP contribution is -2.29. The van der Waals surface area contributed by atoms with E-state index in [4.69, 9.17) is 11.6 Å².